The zero-order chi connectivity index (χ0) is 12.3. The predicted octanol–water partition coefficient (Wildman–Crippen LogP) is 0.982. The van der Waals surface area contributed by atoms with Crippen LogP contribution in [0.4, 0.5) is 0 Å². The van der Waals surface area contributed by atoms with Crippen LogP contribution in [0.2, 0.25) is 0 Å². The molecule has 2 rings (SSSR count). The van der Waals surface area contributed by atoms with Crippen LogP contribution in [0.25, 0.3) is 0 Å². The van der Waals surface area contributed by atoms with Gasteiger partial charge in [0.05, 0.1) is 17.9 Å². The van der Waals surface area contributed by atoms with Gasteiger partial charge in [-0.1, -0.05) is 6.92 Å². The molecule has 0 bridgehead atoms. The number of nitrogens with zero attached hydrogens (tertiary/aromatic N) is 2. The number of carbonyl (C=O) groups excluding carboxylic acids is 1. The van der Waals surface area contributed by atoms with Gasteiger partial charge < -0.3 is 10.5 Å². The maximum absolute atomic E-state index is 12.1. The predicted molar refractivity (Wildman–Crippen MR) is 63.8 cm³/mol. The quantitative estimate of drug-likeness (QED) is 0.775. The van der Waals surface area contributed by atoms with Gasteiger partial charge in [0.2, 0.25) is 0 Å². The lowest BCUT2D eigenvalue weighted by molar-refractivity contribution is 0.0404. The Hall–Kier alpha value is -1.20. The molecule has 94 valence electrons. The Bertz CT molecular complexity index is 389. The summed E-state index contributed by atoms with van der Waals surface area (Å²) in [5.41, 5.74) is 6.17. The van der Waals surface area contributed by atoms with Crippen LogP contribution in [0, 0.1) is 0 Å². The van der Waals surface area contributed by atoms with Gasteiger partial charge in [0.15, 0.2) is 5.78 Å². The molecule has 0 saturated carbocycles. The van der Waals surface area contributed by atoms with Crippen LogP contribution in [0.1, 0.15) is 36.5 Å². The van der Waals surface area contributed by atoms with E-state index < -0.39 is 0 Å². The first-order valence-corrected chi connectivity index (χ1v) is 6.16. The van der Waals surface area contributed by atoms with Crippen molar-refractivity contribution in [2.45, 2.75) is 44.9 Å². The minimum Gasteiger partial charge on any atom is -0.366 e. The number of hydrogen-bond donors (Lipinski definition) is 1. The fraction of sp³-hybridized carbons (Fsp3) is 0.667. The van der Waals surface area contributed by atoms with Crippen molar-refractivity contribution in [3.8, 4) is 0 Å². The molecular formula is C12H19N3O2. The highest BCUT2D eigenvalue weighted by Gasteiger charge is 2.30. The number of ether oxygens (including phenoxy) is 1. The van der Waals surface area contributed by atoms with Crippen molar-refractivity contribution in [3.63, 3.8) is 0 Å². The number of aromatic nitrogens is 2. The van der Waals surface area contributed by atoms with Gasteiger partial charge in [0.1, 0.15) is 6.10 Å². The SMILES string of the molecule is CCCn1cc(C(=O)C2CCC(CN)O2)cn1. The lowest BCUT2D eigenvalue weighted by Crippen LogP contribution is -2.25. The second-order valence-electron chi connectivity index (χ2n) is 4.42. The van der Waals surface area contributed by atoms with Gasteiger partial charge in [-0.2, -0.15) is 5.10 Å². The molecule has 2 atom stereocenters. The molecule has 1 aromatic heterocycles. The average molecular weight is 237 g/mol. The summed E-state index contributed by atoms with van der Waals surface area (Å²) in [6, 6.07) is 0. The van der Waals surface area contributed by atoms with Crippen LogP contribution in [-0.4, -0.2) is 34.3 Å². The molecule has 0 aromatic carbocycles. The molecule has 2 unspecified atom stereocenters. The highest BCUT2D eigenvalue weighted by molar-refractivity contribution is 5.99. The standard InChI is InChI=1S/C12H19N3O2/c1-2-5-15-8-9(7-14-15)12(16)11-4-3-10(6-13)17-11/h7-8,10-11H,2-6,13H2,1H3. The van der Waals surface area contributed by atoms with E-state index in [9.17, 15) is 4.79 Å². The number of carbonyl (C=O) groups is 1. The topological polar surface area (TPSA) is 70.1 Å². The van der Waals surface area contributed by atoms with E-state index in [0.717, 1.165) is 25.8 Å². The number of aryl methyl sites for hydroxylation is 1. The molecule has 5 nitrogen and oxygen atoms in total. The lowest BCUT2D eigenvalue weighted by atomic mass is 10.1. The van der Waals surface area contributed by atoms with Crippen molar-refractivity contribution in [1.29, 1.82) is 0 Å². The fourth-order valence-corrected chi connectivity index (χ4v) is 2.10. The summed E-state index contributed by atoms with van der Waals surface area (Å²) >= 11 is 0. The van der Waals surface area contributed by atoms with E-state index in [4.69, 9.17) is 10.5 Å². The number of hydrogen-bond acceptors (Lipinski definition) is 4. The summed E-state index contributed by atoms with van der Waals surface area (Å²) in [5.74, 6) is 0.0308. The van der Waals surface area contributed by atoms with Crippen LogP contribution in [0.3, 0.4) is 0 Å². The van der Waals surface area contributed by atoms with E-state index in [1.54, 1.807) is 17.1 Å². The Labute approximate surface area is 101 Å². The van der Waals surface area contributed by atoms with Crippen LogP contribution >= 0.6 is 0 Å². The van der Waals surface area contributed by atoms with Crippen LogP contribution in [-0.2, 0) is 11.3 Å². The van der Waals surface area contributed by atoms with Gasteiger partial charge >= 0.3 is 0 Å². The van der Waals surface area contributed by atoms with Crippen LogP contribution in [0.5, 0.6) is 0 Å². The number of rotatable bonds is 5. The molecule has 1 aliphatic rings. The first-order valence-electron chi connectivity index (χ1n) is 6.16. The third-order valence-electron chi connectivity index (χ3n) is 3.03. The number of Topliss-reactive ketones (excluding diaryl/α,β-unsaturated/α-hetero) is 1. The Morgan fingerprint density at radius 2 is 2.47 bits per heavy atom. The van der Waals surface area contributed by atoms with E-state index in [1.165, 1.54) is 0 Å². The van der Waals surface area contributed by atoms with E-state index in [1.807, 2.05) is 0 Å². The minimum absolute atomic E-state index is 0.0308. The van der Waals surface area contributed by atoms with Gasteiger partial charge in [0.25, 0.3) is 0 Å². The highest BCUT2D eigenvalue weighted by Crippen LogP contribution is 2.22. The van der Waals surface area contributed by atoms with Gasteiger partial charge in [-0.15, -0.1) is 0 Å². The molecule has 5 heteroatoms. The molecule has 17 heavy (non-hydrogen) atoms. The van der Waals surface area contributed by atoms with Crippen molar-refractivity contribution in [3.05, 3.63) is 18.0 Å². The van der Waals surface area contributed by atoms with E-state index in [-0.39, 0.29) is 18.0 Å². The zero-order valence-electron chi connectivity index (χ0n) is 10.1. The Morgan fingerprint density at radius 3 is 3.12 bits per heavy atom. The summed E-state index contributed by atoms with van der Waals surface area (Å²) in [6.07, 6.45) is 5.76. The summed E-state index contributed by atoms with van der Waals surface area (Å²) in [7, 11) is 0. The Kier molecular flexibility index (Phi) is 3.91. The molecule has 2 heterocycles. The third-order valence-corrected chi connectivity index (χ3v) is 3.03. The Balaban J connectivity index is 1.99. The van der Waals surface area contributed by atoms with Crippen molar-refractivity contribution in [2.24, 2.45) is 5.73 Å². The van der Waals surface area contributed by atoms with Crippen LogP contribution in [0.15, 0.2) is 12.4 Å². The van der Waals surface area contributed by atoms with Crippen molar-refractivity contribution in [1.82, 2.24) is 9.78 Å². The molecule has 0 spiro atoms. The molecular weight excluding hydrogens is 218 g/mol. The van der Waals surface area contributed by atoms with E-state index in [0.29, 0.717) is 12.1 Å². The third kappa shape index (κ3) is 2.73. The molecule has 1 aromatic rings. The lowest BCUT2D eigenvalue weighted by Gasteiger charge is -2.09. The normalized spacial score (nSPS) is 24.1. The molecule has 1 saturated heterocycles. The van der Waals surface area contributed by atoms with Crippen molar-refractivity contribution < 1.29 is 9.53 Å². The first-order chi connectivity index (χ1) is 8.24. The fourth-order valence-electron chi connectivity index (χ4n) is 2.10. The Morgan fingerprint density at radius 1 is 1.65 bits per heavy atom. The zero-order valence-corrected chi connectivity index (χ0v) is 10.1. The van der Waals surface area contributed by atoms with Gasteiger partial charge in [-0.05, 0) is 19.3 Å². The molecule has 2 N–H and O–H groups in total. The van der Waals surface area contributed by atoms with Gasteiger partial charge in [-0.3, -0.25) is 9.48 Å². The minimum atomic E-state index is -0.331. The van der Waals surface area contributed by atoms with Gasteiger partial charge in [-0.25, -0.2) is 0 Å². The van der Waals surface area contributed by atoms with E-state index >= 15 is 0 Å². The first kappa shape index (κ1) is 12.3. The maximum Gasteiger partial charge on any atom is 0.194 e. The largest absolute Gasteiger partial charge is 0.366 e. The number of ketones is 1. The average Bonchev–Trinajstić information content (AvgIpc) is 2.97. The molecule has 0 aliphatic carbocycles. The number of nitrogens with two attached hydrogens (primary N) is 1. The summed E-state index contributed by atoms with van der Waals surface area (Å²) in [5, 5.41) is 4.15. The highest BCUT2D eigenvalue weighted by atomic mass is 16.5. The molecule has 0 radical (unpaired) electrons. The second kappa shape index (κ2) is 5.42. The summed E-state index contributed by atoms with van der Waals surface area (Å²) in [4.78, 5) is 12.1. The van der Waals surface area contributed by atoms with Crippen LogP contribution < -0.4 is 5.73 Å². The summed E-state index contributed by atoms with van der Waals surface area (Å²) in [6.45, 7) is 3.40. The van der Waals surface area contributed by atoms with E-state index in [2.05, 4.69) is 12.0 Å². The smallest absolute Gasteiger partial charge is 0.194 e. The maximum atomic E-state index is 12.1. The monoisotopic (exact) mass is 237 g/mol. The second-order valence-corrected chi connectivity index (χ2v) is 4.42. The molecule has 1 aliphatic heterocycles. The van der Waals surface area contributed by atoms with Gasteiger partial charge in [0, 0.05) is 19.3 Å². The van der Waals surface area contributed by atoms with Crippen molar-refractivity contribution in [2.75, 3.05) is 6.54 Å². The molecule has 1 fully saturated rings. The van der Waals surface area contributed by atoms with Crippen molar-refractivity contribution >= 4 is 5.78 Å². The summed E-state index contributed by atoms with van der Waals surface area (Å²) < 4.78 is 7.38. The molecule has 0 amide bonds.